The largest absolute Gasteiger partial charge is 0.383 e. The number of nitrogens with two attached hydrogens (primary N) is 1. The lowest BCUT2D eigenvalue weighted by Gasteiger charge is -2.10. The highest BCUT2D eigenvalue weighted by atomic mass is 16.2. The first-order valence-corrected chi connectivity index (χ1v) is 9.35. The molecule has 5 rings (SSSR count). The summed E-state index contributed by atoms with van der Waals surface area (Å²) in [5.41, 5.74) is 9.26. The van der Waals surface area contributed by atoms with E-state index in [1.807, 2.05) is 18.2 Å². The summed E-state index contributed by atoms with van der Waals surface area (Å²) in [7, 11) is 0. The first kappa shape index (κ1) is 17.8. The molecule has 0 radical (unpaired) electrons. The molecule has 146 valence electrons. The smallest absolute Gasteiger partial charge is 0.230 e. The third-order valence-corrected chi connectivity index (χ3v) is 5.16. The van der Waals surface area contributed by atoms with Crippen LogP contribution in [0.1, 0.15) is 6.42 Å². The number of amides is 1. The Balaban J connectivity index is 1.54. The Morgan fingerprint density at radius 2 is 2.13 bits per heavy atom. The van der Waals surface area contributed by atoms with Gasteiger partial charge in [0.2, 0.25) is 5.91 Å². The van der Waals surface area contributed by atoms with Crippen LogP contribution in [0.25, 0.3) is 33.3 Å². The number of aromatic nitrogens is 5. The number of anilines is 2. The van der Waals surface area contributed by atoms with Crippen molar-refractivity contribution in [1.29, 1.82) is 5.26 Å². The van der Waals surface area contributed by atoms with E-state index in [1.54, 1.807) is 30.9 Å². The minimum atomic E-state index is -0.266. The summed E-state index contributed by atoms with van der Waals surface area (Å²) >= 11 is 0. The fourth-order valence-corrected chi connectivity index (χ4v) is 3.46. The highest BCUT2D eigenvalue weighted by molar-refractivity contribution is 5.99. The Hall–Kier alpha value is -4.32. The molecule has 0 bridgehead atoms. The molecule has 0 spiro atoms. The lowest BCUT2D eigenvalue weighted by atomic mass is 10.0. The number of hydrogen-bond donors (Lipinski definition) is 3. The quantitative estimate of drug-likeness (QED) is 0.480. The van der Waals surface area contributed by atoms with E-state index in [4.69, 9.17) is 11.0 Å². The molecule has 1 aliphatic rings. The minimum Gasteiger partial charge on any atom is -0.383 e. The molecule has 0 aliphatic heterocycles. The lowest BCUT2D eigenvalue weighted by Crippen LogP contribution is -2.15. The zero-order valence-corrected chi connectivity index (χ0v) is 15.7. The fourth-order valence-electron chi connectivity index (χ4n) is 3.46. The van der Waals surface area contributed by atoms with Crippen LogP contribution in [0.4, 0.5) is 11.6 Å². The number of fused-ring (bicyclic) bond motifs is 1. The van der Waals surface area contributed by atoms with Crippen molar-refractivity contribution in [2.45, 2.75) is 6.42 Å². The Morgan fingerprint density at radius 1 is 1.23 bits per heavy atom. The predicted octanol–water partition coefficient (Wildman–Crippen LogP) is 2.76. The fraction of sp³-hybridized carbons (Fsp3) is 0.143. The van der Waals surface area contributed by atoms with E-state index in [-0.39, 0.29) is 17.7 Å². The summed E-state index contributed by atoms with van der Waals surface area (Å²) < 4.78 is 0. The third kappa shape index (κ3) is 3.10. The number of nitrogens with zero attached hydrogens (tertiary/aromatic N) is 5. The molecule has 9 nitrogen and oxygen atoms in total. The van der Waals surface area contributed by atoms with Crippen LogP contribution in [0.5, 0.6) is 0 Å². The number of H-pyrrole nitrogens is 1. The number of carbonyl (C=O) groups is 1. The summed E-state index contributed by atoms with van der Waals surface area (Å²) in [5.74, 6) is 0.0758. The topological polar surface area (TPSA) is 146 Å². The average Bonchev–Trinajstić information content (AvgIpc) is 3.36. The molecule has 1 fully saturated rings. The van der Waals surface area contributed by atoms with Crippen molar-refractivity contribution in [2.24, 2.45) is 11.8 Å². The van der Waals surface area contributed by atoms with Crippen LogP contribution in [-0.4, -0.2) is 31.1 Å². The molecule has 4 heterocycles. The zero-order chi connectivity index (χ0) is 20.7. The van der Waals surface area contributed by atoms with E-state index >= 15 is 0 Å². The van der Waals surface area contributed by atoms with Gasteiger partial charge in [-0.05, 0) is 36.1 Å². The van der Waals surface area contributed by atoms with Gasteiger partial charge in [-0.25, -0.2) is 9.97 Å². The van der Waals surface area contributed by atoms with Crippen molar-refractivity contribution in [3.8, 4) is 28.6 Å². The molecule has 2 unspecified atom stereocenters. The Bertz CT molecular complexity index is 1310. The summed E-state index contributed by atoms with van der Waals surface area (Å²) in [6.07, 6.45) is 7.34. The molecule has 0 aromatic carbocycles. The van der Waals surface area contributed by atoms with Crippen molar-refractivity contribution in [1.82, 2.24) is 25.1 Å². The van der Waals surface area contributed by atoms with Gasteiger partial charge >= 0.3 is 0 Å². The van der Waals surface area contributed by atoms with E-state index in [9.17, 15) is 4.79 Å². The van der Waals surface area contributed by atoms with Gasteiger partial charge < -0.3 is 11.1 Å². The van der Waals surface area contributed by atoms with Gasteiger partial charge in [0.05, 0.1) is 29.3 Å². The van der Waals surface area contributed by atoms with Crippen LogP contribution in [0, 0.1) is 23.2 Å². The second-order valence-corrected chi connectivity index (χ2v) is 7.13. The molecule has 4 aromatic heterocycles. The number of pyridine rings is 3. The molecule has 2 atom stereocenters. The van der Waals surface area contributed by atoms with Crippen LogP contribution in [-0.2, 0) is 4.79 Å². The predicted molar refractivity (Wildman–Crippen MR) is 111 cm³/mol. The standard InChI is InChI=1S/C21H16N8O/c22-8-12-5-14(12)21(30)28-19-7-11-6-18(27-20(23)15(11)10-25-19)16-9-24-3-1-13(16)17-2-4-26-29-17/h1-4,6-7,9-10,12,14H,5H2,(H2,23,27)(H,26,29)(H,25,28,30). The van der Waals surface area contributed by atoms with E-state index < -0.39 is 0 Å². The molecule has 4 aromatic rings. The molecule has 4 N–H and O–H groups in total. The van der Waals surface area contributed by atoms with Gasteiger partial charge in [-0.1, -0.05) is 0 Å². The van der Waals surface area contributed by atoms with Crippen LogP contribution < -0.4 is 11.1 Å². The molecule has 0 saturated heterocycles. The highest BCUT2D eigenvalue weighted by Crippen LogP contribution is 2.38. The van der Waals surface area contributed by atoms with Crippen LogP contribution >= 0.6 is 0 Å². The Labute approximate surface area is 171 Å². The summed E-state index contributed by atoms with van der Waals surface area (Å²) in [6.45, 7) is 0. The Kier molecular flexibility index (Phi) is 4.10. The second-order valence-electron chi connectivity index (χ2n) is 7.13. The van der Waals surface area contributed by atoms with Gasteiger partial charge in [0.25, 0.3) is 0 Å². The number of hydrogen-bond acceptors (Lipinski definition) is 7. The van der Waals surface area contributed by atoms with Crippen molar-refractivity contribution >= 4 is 28.3 Å². The van der Waals surface area contributed by atoms with Crippen LogP contribution in [0.3, 0.4) is 0 Å². The van der Waals surface area contributed by atoms with Crippen molar-refractivity contribution < 1.29 is 4.79 Å². The first-order valence-electron chi connectivity index (χ1n) is 9.35. The lowest BCUT2D eigenvalue weighted by molar-refractivity contribution is -0.117. The Morgan fingerprint density at radius 3 is 2.90 bits per heavy atom. The number of rotatable bonds is 4. The van der Waals surface area contributed by atoms with E-state index in [1.165, 1.54) is 0 Å². The molecule has 1 saturated carbocycles. The summed E-state index contributed by atoms with van der Waals surface area (Å²) in [5, 5.41) is 20.2. The average molecular weight is 396 g/mol. The number of nitrogen functional groups attached to an aromatic ring is 1. The SMILES string of the molecule is N#CC1CC1C(=O)Nc1cc2cc(-c3cnccc3-c3cc[nH]n3)nc(N)c2cn1. The maximum Gasteiger partial charge on any atom is 0.230 e. The molecular weight excluding hydrogens is 380 g/mol. The van der Waals surface area contributed by atoms with Gasteiger partial charge in [-0.2, -0.15) is 10.4 Å². The number of nitrogens with one attached hydrogen (secondary N) is 2. The van der Waals surface area contributed by atoms with Gasteiger partial charge in [-0.15, -0.1) is 0 Å². The number of carbonyl (C=O) groups excluding carboxylic acids is 1. The highest BCUT2D eigenvalue weighted by Gasteiger charge is 2.43. The zero-order valence-electron chi connectivity index (χ0n) is 15.7. The minimum absolute atomic E-state index is 0.191. The van der Waals surface area contributed by atoms with E-state index in [0.29, 0.717) is 29.1 Å². The third-order valence-electron chi connectivity index (χ3n) is 5.16. The molecule has 1 aliphatic carbocycles. The number of aromatic amines is 1. The summed E-state index contributed by atoms with van der Waals surface area (Å²) in [4.78, 5) is 25.3. The molecule has 30 heavy (non-hydrogen) atoms. The normalized spacial score (nSPS) is 17.4. The first-order chi connectivity index (χ1) is 14.6. The van der Waals surface area contributed by atoms with Crippen molar-refractivity contribution in [3.05, 3.63) is 49.1 Å². The molecule has 1 amide bonds. The van der Waals surface area contributed by atoms with Crippen molar-refractivity contribution in [2.75, 3.05) is 11.1 Å². The van der Waals surface area contributed by atoms with Gasteiger partial charge in [0.1, 0.15) is 11.6 Å². The summed E-state index contributed by atoms with van der Waals surface area (Å²) in [6, 6.07) is 9.49. The maximum atomic E-state index is 12.3. The maximum absolute atomic E-state index is 12.3. The van der Waals surface area contributed by atoms with Gasteiger partial charge in [-0.3, -0.25) is 14.9 Å². The van der Waals surface area contributed by atoms with Crippen LogP contribution in [0.15, 0.2) is 49.1 Å². The van der Waals surface area contributed by atoms with Crippen molar-refractivity contribution in [3.63, 3.8) is 0 Å². The molecule has 9 heteroatoms. The van der Waals surface area contributed by atoms with Crippen LogP contribution in [0.2, 0.25) is 0 Å². The molecular formula is C21H16N8O. The number of nitriles is 1. The van der Waals surface area contributed by atoms with Gasteiger partial charge in [0.15, 0.2) is 0 Å². The van der Waals surface area contributed by atoms with E-state index in [0.717, 1.165) is 22.2 Å². The van der Waals surface area contributed by atoms with E-state index in [2.05, 4.69) is 36.5 Å². The monoisotopic (exact) mass is 396 g/mol. The van der Waals surface area contributed by atoms with Gasteiger partial charge in [0, 0.05) is 41.3 Å². The second kappa shape index (κ2) is 6.93.